The predicted octanol–water partition coefficient (Wildman–Crippen LogP) is 18.1. The SMILES string of the molecule is C1=CCC(c2cccc(-n3c4ccccc4c4ccccc43)c2-c2cc(-c3c(C4=CCCC=C4)cccc3-n3c4ccccc4c4c(-n5c6ccccc6c6ccccc65)cccc43)nc(-c3ccccc3)n2)C=C1. The molecule has 13 aromatic rings. The summed E-state index contributed by atoms with van der Waals surface area (Å²) in [6.45, 7) is 0. The van der Waals surface area contributed by atoms with E-state index >= 15 is 0 Å². The minimum atomic E-state index is 0.137. The summed E-state index contributed by atoms with van der Waals surface area (Å²) >= 11 is 0. The van der Waals surface area contributed by atoms with E-state index in [1.165, 1.54) is 54.5 Å². The monoisotopic (exact) mass is 959 g/mol. The Labute approximate surface area is 434 Å². The van der Waals surface area contributed by atoms with Crippen molar-refractivity contribution in [3.8, 4) is 51.0 Å². The van der Waals surface area contributed by atoms with Crippen LogP contribution >= 0.6 is 0 Å². The molecule has 0 aliphatic heterocycles. The number of fused-ring (bicyclic) bond motifs is 9. The van der Waals surface area contributed by atoms with Crippen LogP contribution in [0.4, 0.5) is 0 Å². The molecule has 0 fully saturated rings. The summed E-state index contributed by atoms with van der Waals surface area (Å²) in [5.41, 5.74) is 18.6. The molecule has 1 atom stereocenters. The Morgan fingerprint density at radius 1 is 0.400 bits per heavy atom. The maximum absolute atomic E-state index is 5.73. The molecular formula is C70H49N5. The van der Waals surface area contributed by atoms with Gasteiger partial charge >= 0.3 is 0 Å². The first-order valence-corrected chi connectivity index (χ1v) is 26.2. The van der Waals surface area contributed by atoms with Crippen LogP contribution in [0.3, 0.4) is 0 Å². The van der Waals surface area contributed by atoms with Crippen LogP contribution < -0.4 is 0 Å². The van der Waals surface area contributed by atoms with Crippen LogP contribution in [-0.4, -0.2) is 23.7 Å². The van der Waals surface area contributed by atoms with Gasteiger partial charge in [-0.15, -0.1) is 0 Å². The van der Waals surface area contributed by atoms with Gasteiger partial charge in [0.25, 0.3) is 0 Å². The van der Waals surface area contributed by atoms with Crippen molar-refractivity contribution < 1.29 is 0 Å². The molecule has 0 saturated carbocycles. The summed E-state index contributed by atoms with van der Waals surface area (Å²) in [5, 5.41) is 7.30. The average molecular weight is 960 g/mol. The second-order valence-corrected chi connectivity index (χ2v) is 19.8. The molecule has 5 nitrogen and oxygen atoms in total. The summed E-state index contributed by atoms with van der Waals surface area (Å²) < 4.78 is 7.42. The third kappa shape index (κ3) is 6.85. The number of allylic oxidation sites excluding steroid dienone is 8. The lowest BCUT2D eigenvalue weighted by Gasteiger charge is -2.23. The topological polar surface area (TPSA) is 40.6 Å². The van der Waals surface area contributed by atoms with Crippen LogP contribution in [0.5, 0.6) is 0 Å². The van der Waals surface area contributed by atoms with Gasteiger partial charge in [-0.3, -0.25) is 0 Å². The molecule has 2 aliphatic rings. The van der Waals surface area contributed by atoms with Crippen molar-refractivity contribution in [2.45, 2.75) is 25.2 Å². The Morgan fingerprint density at radius 3 is 1.52 bits per heavy atom. The molecule has 0 spiro atoms. The van der Waals surface area contributed by atoms with Crippen molar-refractivity contribution in [2.24, 2.45) is 0 Å². The summed E-state index contributed by atoms with van der Waals surface area (Å²) in [7, 11) is 0. The van der Waals surface area contributed by atoms with Crippen LogP contribution in [0.2, 0.25) is 0 Å². The highest BCUT2D eigenvalue weighted by Gasteiger charge is 2.27. The van der Waals surface area contributed by atoms with Crippen LogP contribution in [0.25, 0.3) is 122 Å². The number of para-hydroxylation sites is 5. The molecule has 4 heterocycles. The van der Waals surface area contributed by atoms with Gasteiger partial charge in [-0.2, -0.15) is 0 Å². The summed E-state index contributed by atoms with van der Waals surface area (Å²) in [6.07, 6.45) is 18.9. The van der Waals surface area contributed by atoms with Gasteiger partial charge in [0.15, 0.2) is 5.82 Å². The summed E-state index contributed by atoms with van der Waals surface area (Å²) in [6, 6.07) is 77.4. The van der Waals surface area contributed by atoms with Crippen LogP contribution in [0, 0.1) is 0 Å². The molecule has 0 bridgehead atoms. The largest absolute Gasteiger partial charge is 0.309 e. The van der Waals surface area contributed by atoms with Crippen LogP contribution in [0.1, 0.15) is 36.3 Å². The molecule has 1 unspecified atom stereocenters. The molecule has 9 aromatic carbocycles. The van der Waals surface area contributed by atoms with E-state index in [2.05, 4.69) is 269 Å². The molecule has 354 valence electrons. The van der Waals surface area contributed by atoms with Gasteiger partial charge in [0, 0.05) is 54.9 Å². The van der Waals surface area contributed by atoms with Crippen LogP contribution in [0.15, 0.2) is 255 Å². The minimum absolute atomic E-state index is 0.137. The highest BCUT2D eigenvalue weighted by Crippen LogP contribution is 2.46. The first-order valence-electron chi connectivity index (χ1n) is 26.2. The highest BCUT2D eigenvalue weighted by atomic mass is 15.0. The van der Waals surface area contributed by atoms with E-state index in [4.69, 9.17) is 9.97 Å². The van der Waals surface area contributed by atoms with Crippen molar-refractivity contribution in [3.05, 3.63) is 266 Å². The molecule has 4 aromatic heterocycles. The fourth-order valence-electron chi connectivity index (χ4n) is 12.4. The zero-order chi connectivity index (χ0) is 49.4. The lowest BCUT2D eigenvalue weighted by Crippen LogP contribution is -2.08. The second kappa shape index (κ2) is 17.6. The average Bonchev–Trinajstić information content (AvgIpc) is 4.21. The predicted molar refractivity (Wildman–Crippen MR) is 313 cm³/mol. The molecule has 0 amide bonds. The Balaban J connectivity index is 1.05. The Morgan fingerprint density at radius 2 is 0.907 bits per heavy atom. The Kier molecular flexibility index (Phi) is 10.1. The van der Waals surface area contributed by atoms with Gasteiger partial charge in [0.1, 0.15) is 0 Å². The van der Waals surface area contributed by atoms with Crippen molar-refractivity contribution in [1.82, 2.24) is 23.7 Å². The number of hydrogen-bond donors (Lipinski definition) is 0. The van der Waals surface area contributed by atoms with E-state index in [-0.39, 0.29) is 5.92 Å². The first kappa shape index (κ1) is 43.0. The summed E-state index contributed by atoms with van der Waals surface area (Å²) in [4.78, 5) is 11.4. The fraction of sp³-hybridized carbons (Fsp3) is 0.0571. The van der Waals surface area contributed by atoms with E-state index < -0.39 is 0 Å². The van der Waals surface area contributed by atoms with E-state index in [1.54, 1.807) is 0 Å². The number of aromatic nitrogens is 5. The molecule has 0 saturated heterocycles. The van der Waals surface area contributed by atoms with Gasteiger partial charge in [0.05, 0.1) is 61.6 Å². The van der Waals surface area contributed by atoms with E-state index in [0.717, 1.165) is 92.0 Å². The Hall–Kier alpha value is -9.58. The first-order chi connectivity index (χ1) is 37.3. The zero-order valence-corrected chi connectivity index (χ0v) is 41.2. The zero-order valence-electron chi connectivity index (χ0n) is 41.2. The highest BCUT2D eigenvalue weighted by molar-refractivity contribution is 6.17. The van der Waals surface area contributed by atoms with Gasteiger partial charge in [-0.05, 0) is 96.6 Å². The van der Waals surface area contributed by atoms with Crippen molar-refractivity contribution in [3.63, 3.8) is 0 Å². The molecule has 2 aliphatic carbocycles. The normalized spacial score (nSPS) is 14.6. The molecule has 5 heteroatoms. The lowest BCUT2D eigenvalue weighted by molar-refractivity contribution is 0.853. The Bertz CT molecular complexity index is 4470. The number of benzene rings is 9. The van der Waals surface area contributed by atoms with Crippen molar-refractivity contribution >= 4 is 71.0 Å². The second-order valence-electron chi connectivity index (χ2n) is 19.8. The standard InChI is InChI=1S/C70H49N5/c1-4-23-46(24-5-1)49-34-20-41-63(73-58-36-15-10-29-51(58)52-30-11-16-37-59(52)73)67(49)56-45-57(72-70(71-56)48-27-8-3-9-28-48)68-50(47-25-6-2-7-26-47)35-21-42-64(68)75-62-40-19-14-33-55(62)69-65(43-22-44-66(69)75)74-60-38-17-12-31-53(60)54-32-13-18-39-61(54)74/h1,3-6,8-23,25-46H,2,7,24H2. The molecule has 75 heavy (non-hydrogen) atoms. The minimum Gasteiger partial charge on any atom is -0.309 e. The number of nitrogens with zero attached hydrogens (tertiary/aromatic N) is 5. The molecule has 0 radical (unpaired) electrons. The van der Waals surface area contributed by atoms with Gasteiger partial charge in [0.2, 0.25) is 0 Å². The van der Waals surface area contributed by atoms with Gasteiger partial charge < -0.3 is 13.7 Å². The third-order valence-electron chi connectivity index (χ3n) is 15.6. The summed E-state index contributed by atoms with van der Waals surface area (Å²) in [5.74, 6) is 0.813. The molecule has 15 rings (SSSR count). The van der Waals surface area contributed by atoms with Crippen molar-refractivity contribution in [1.29, 1.82) is 0 Å². The number of hydrogen-bond acceptors (Lipinski definition) is 2. The van der Waals surface area contributed by atoms with E-state index in [1.807, 2.05) is 0 Å². The maximum atomic E-state index is 5.73. The number of rotatable bonds is 8. The van der Waals surface area contributed by atoms with Gasteiger partial charge in [-0.1, -0.05) is 194 Å². The third-order valence-corrected chi connectivity index (χ3v) is 15.6. The lowest BCUT2D eigenvalue weighted by atomic mass is 9.86. The molecule has 0 N–H and O–H groups in total. The van der Waals surface area contributed by atoms with Crippen molar-refractivity contribution in [2.75, 3.05) is 0 Å². The van der Waals surface area contributed by atoms with Gasteiger partial charge in [-0.25, -0.2) is 9.97 Å². The smallest absolute Gasteiger partial charge is 0.160 e. The molecular weight excluding hydrogens is 911 g/mol. The maximum Gasteiger partial charge on any atom is 0.160 e. The quantitative estimate of drug-likeness (QED) is 0.152. The van der Waals surface area contributed by atoms with E-state index in [0.29, 0.717) is 5.82 Å². The fourth-order valence-corrected chi connectivity index (χ4v) is 12.4. The van der Waals surface area contributed by atoms with Crippen LogP contribution in [-0.2, 0) is 0 Å². The van der Waals surface area contributed by atoms with E-state index in [9.17, 15) is 0 Å².